The standard InChI is InChI=1S/C20H17F4N3O5S/c1-30-12-27(33(28,29)14-5-3-2-4-6-14)20-25-10-9-16(26-20)15-11-13(31-18(21)22)7-8-17(15)32-19(23)24/h2-11,18-19H,12H2,1H3. The number of hydrogen-bond acceptors (Lipinski definition) is 7. The summed E-state index contributed by atoms with van der Waals surface area (Å²) in [5.74, 6) is -1.07. The highest BCUT2D eigenvalue weighted by Gasteiger charge is 2.27. The average Bonchev–Trinajstić information content (AvgIpc) is 2.78. The smallest absolute Gasteiger partial charge is 0.387 e. The van der Waals surface area contributed by atoms with Gasteiger partial charge in [-0.05, 0) is 36.4 Å². The van der Waals surface area contributed by atoms with Crippen molar-refractivity contribution in [3.8, 4) is 22.8 Å². The number of ether oxygens (including phenoxy) is 3. The first-order valence-corrected chi connectivity index (χ1v) is 10.6. The zero-order valence-corrected chi connectivity index (χ0v) is 17.8. The Morgan fingerprint density at radius 1 is 0.970 bits per heavy atom. The zero-order valence-electron chi connectivity index (χ0n) is 16.9. The summed E-state index contributed by atoms with van der Waals surface area (Å²) < 4.78 is 91.7. The summed E-state index contributed by atoms with van der Waals surface area (Å²) in [5, 5.41) is 0. The summed E-state index contributed by atoms with van der Waals surface area (Å²) in [6, 6.07) is 11.7. The fourth-order valence-corrected chi connectivity index (χ4v) is 4.08. The second kappa shape index (κ2) is 10.4. The molecule has 3 aromatic rings. The third-order valence-corrected chi connectivity index (χ3v) is 5.83. The maximum Gasteiger partial charge on any atom is 0.387 e. The van der Waals surface area contributed by atoms with Crippen LogP contribution in [-0.4, -0.2) is 45.4 Å². The van der Waals surface area contributed by atoms with Gasteiger partial charge in [0.15, 0.2) is 0 Å². The van der Waals surface area contributed by atoms with Gasteiger partial charge < -0.3 is 14.2 Å². The number of hydrogen-bond donors (Lipinski definition) is 0. The third-order valence-electron chi connectivity index (χ3n) is 4.11. The van der Waals surface area contributed by atoms with E-state index >= 15 is 0 Å². The fourth-order valence-electron chi connectivity index (χ4n) is 2.77. The van der Waals surface area contributed by atoms with Gasteiger partial charge in [0.25, 0.3) is 10.0 Å². The maximum absolute atomic E-state index is 13.1. The monoisotopic (exact) mass is 487 g/mol. The molecular weight excluding hydrogens is 470 g/mol. The van der Waals surface area contributed by atoms with E-state index in [1.165, 1.54) is 43.6 Å². The van der Waals surface area contributed by atoms with Crippen molar-refractivity contribution < 1.29 is 40.2 Å². The molecule has 1 heterocycles. The molecule has 33 heavy (non-hydrogen) atoms. The van der Waals surface area contributed by atoms with Gasteiger partial charge in [-0.15, -0.1) is 0 Å². The number of benzene rings is 2. The second-order valence-corrected chi connectivity index (χ2v) is 8.10. The van der Waals surface area contributed by atoms with Crippen molar-refractivity contribution >= 4 is 16.0 Å². The molecule has 0 amide bonds. The number of aromatic nitrogens is 2. The number of halogens is 4. The predicted molar refractivity (Wildman–Crippen MR) is 109 cm³/mol. The quantitative estimate of drug-likeness (QED) is 0.314. The van der Waals surface area contributed by atoms with Crippen molar-refractivity contribution in [3.63, 3.8) is 0 Å². The van der Waals surface area contributed by atoms with Gasteiger partial charge in [-0.25, -0.2) is 22.7 Å². The average molecular weight is 487 g/mol. The van der Waals surface area contributed by atoms with Gasteiger partial charge in [-0.2, -0.15) is 17.6 Å². The summed E-state index contributed by atoms with van der Waals surface area (Å²) in [4.78, 5) is 8.02. The lowest BCUT2D eigenvalue weighted by Gasteiger charge is -2.22. The number of nitrogens with zero attached hydrogens (tertiary/aromatic N) is 3. The molecule has 0 fully saturated rings. The van der Waals surface area contributed by atoms with E-state index < -0.39 is 30.0 Å². The fraction of sp³-hybridized carbons (Fsp3) is 0.200. The van der Waals surface area contributed by atoms with E-state index in [0.717, 1.165) is 22.5 Å². The number of anilines is 1. The highest BCUT2D eigenvalue weighted by molar-refractivity contribution is 7.92. The molecule has 13 heteroatoms. The van der Waals surface area contributed by atoms with Crippen LogP contribution in [-0.2, 0) is 14.8 Å². The zero-order chi connectivity index (χ0) is 24.0. The predicted octanol–water partition coefficient (Wildman–Crippen LogP) is 4.15. The lowest BCUT2D eigenvalue weighted by atomic mass is 10.1. The first kappa shape index (κ1) is 24.2. The Balaban J connectivity index is 2.10. The molecule has 1 aromatic heterocycles. The van der Waals surface area contributed by atoms with Crippen LogP contribution in [0.2, 0.25) is 0 Å². The summed E-state index contributed by atoms with van der Waals surface area (Å²) in [6.45, 7) is -6.83. The van der Waals surface area contributed by atoms with Gasteiger partial charge in [0.1, 0.15) is 18.2 Å². The molecule has 0 saturated heterocycles. The first-order chi connectivity index (χ1) is 15.7. The van der Waals surface area contributed by atoms with E-state index in [2.05, 4.69) is 19.4 Å². The van der Waals surface area contributed by atoms with Crippen molar-refractivity contribution in [1.29, 1.82) is 0 Å². The minimum atomic E-state index is -4.16. The van der Waals surface area contributed by atoms with Crippen molar-refractivity contribution in [2.45, 2.75) is 18.1 Å². The van der Waals surface area contributed by atoms with Crippen LogP contribution in [0.15, 0.2) is 65.7 Å². The Labute approximate surface area is 186 Å². The van der Waals surface area contributed by atoms with Crippen molar-refractivity contribution in [1.82, 2.24) is 9.97 Å². The van der Waals surface area contributed by atoms with E-state index in [4.69, 9.17) is 4.74 Å². The molecule has 2 aromatic carbocycles. The molecule has 0 N–H and O–H groups in total. The van der Waals surface area contributed by atoms with E-state index in [9.17, 15) is 26.0 Å². The minimum Gasteiger partial charge on any atom is -0.435 e. The molecule has 0 atom stereocenters. The van der Waals surface area contributed by atoms with Crippen molar-refractivity contribution in [2.24, 2.45) is 0 Å². The molecule has 0 radical (unpaired) electrons. The van der Waals surface area contributed by atoms with Crippen LogP contribution in [0, 0.1) is 0 Å². The van der Waals surface area contributed by atoms with Crippen LogP contribution >= 0.6 is 0 Å². The van der Waals surface area contributed by atoms with Gasteiger partial charge in [0, 0.05) is 18.9 Å². The summed E-state index contributed by atoms with van der Waals surface area (Å²) in [6.07, 6.45) is 1.17. The number of methoxy groups -OCH3 is 1. The van der Waals surface area contributed by atoms with Crippen molar-refractivity contribution in [3.05, 3.63) is 60.8 Å². The summed E-state index contributed by atoms with van der Waals surface area (Å²) in [7, 11) is -2.90. The lowest BCUT2D eigenvalue weighted by Crippen LogP contribution is -2.34. The summed E-state index contributed by atoms with van der Waals surface area (Å²) in [5.41, 5.74) is -0.230. The van der Waals surface area contributed by atoms with E-state index in [1.54, 1.807) is 6.07 Å². The Hall–Kier alpha value is -3.45. The molecule has 3 rings (SSSR count). The normalized spacial score (nSPS) is 11.6. The highest BCUT2D eigenvalue weighted by Crippen LogP contribution is 2.35. The maximum atomic E-state index is 13.1. The molecule has 0 aliphatic heterocycles. The molecule has 0 saturated carbocycles. The molecule has 0 unspecified atom stereocenters. The molecule has 0 aliphatic carbocycles. The van der Waals surface area contributed by atoms with E-state index in [1.807, 2.05) is 0 Å². The topological polar surface area (TPSA) is 90.8 Å². The first-order valence-electron chi connectivity index (χ1n) is 9.16. The highest BCUT2D eigenvalue weighted by atomic mass is 32.2. The molecule has 0 spiro atoms. The Morgan fingerprint density at radius 2 is 1.67 bits per heavy atom. The molecule has 0 bridgehead atoms. The third kappa shape index (κ3) is 5.87. The lowest BCUT2D eigenvalue weighted by molar-refractivity contribution is -0.0526. The van der Waals surface area contributed by atoms with Crippen LogP contribution in [0.3, 0.4) is 0 Å². The van der Waals surface area contributed by atoms with Crippen LogP contribution in [0.1, 0.15) is 0 Å². The van der Waals surface area contributed by atoms with Gasteiger partial charge in [0.05, 0.1) is 10.6 Å². The van der Waals surface area contributed by atoms with Crippen molar-refractivity contribution in [2.75, 3.05) is 18.1 Å². The molecular formula is C20H17F4N3O5S. The van der Waals surface area contributed by atoms with Gasteiger partial charge >= 0.3 is 13.2 Å². The van der Waals surface area contributed by atoms with Crippen LogP contribution in [0.5, 0.6) is 11.5 Å². The Bertz CT molecular complexity index is 1180. The molecule has 8 nitrogen and oxygen atoms in total. The van der Waals surface area contributed by atoms with Crippen LogP contribution in [0.4, 0.5) is 23.5 Å². The van der Waals surface area contributed by atoms with Gasteiger partial charge in [-0.1, -0.05) is 18.2 Å². The Morgan fingerprint density at radius 3 is 2.30 bits per heavy atom. The largest absolute Gasteiger partial charge is 0.435 e. The van der Waals surface area contributed by atoms with Gasteiger partial charge in [0.2, 0.25) is 5.95 Å². The number of rotatable bonds is 10. The minimum absolute atomic E-state index is 0.0647. The van der Waals surface area contributed by atoms with Crippen LogP contribution in [0.25, 0.3) is 11.3 Å². The Kier molecular flexibility index (Phi) is 7.66. The van der Waals surface area contributed by atoms with E-state index in [0.29, 0.717) is 0 Å². The SMILES string of the molecule is COCN(c1nccc(-c2cc(OC(F)F)ccc2OC(F)F)n1)S(=O)(=O)c1ccccc1. The van der Waals surface area contributed by atoms with Crippen LogP contribution < -0.4 is 13.8 Å². The number of alkyl halides is 4. The summed E-state index contributed by atoms with van der Waals surface area (Å²) >= 11 is 0. The second-order valence-electron chi connectivity index (χ2n) is 6.24. The molecule has 176 valence electrons. The molecule has 0 aliphatic rings. The van der Waals surface area contributed by atoms with E-state index in [-0.39, 0.29) is 33.6 Å². The number of sulfonamides is 1. The van der Waals surface area contributed by atoms with Gasteiger partial charge in [-0.3, -0.25) is 0 Å².